The van der Waals surface area contributed by atoms with Crippen LogP contribution >= 0.6 is 0 Å². The summed E-state index contributed by atoms with van der Waals surface area (Å²) in [6, 6.07) is 2.17. The molecular weight excluding hydrogens is 270 g/mol. The highest BCUT2D eigenvalue weighted by Crippen LogP contribution is 2.27. The van der Waals surface area contributed by atoms with Gasteiger partial charge in [-0.05, 0) is 12.5 Å². The van der Waals surface area contributed by atoms with E-state index in [1.807, 2.05) is 21.8 Å². The smallest absolute Gasteiger partial charge is 0.261 e. The summed E-state index contributed by atoms with van der Waals surface area (Å²) in [4.78, 5) is 14.5. The van der Waals surface area contributed by atoms with Crippen LogP contribution in [0.1, 0.15) is 29.2 Å². The SMILES string of the molecule is O=C(c1cnn2c1OCCC2)N1CCC(n2cccn2)C1. The molecule has 0 N–H and O–H groups in total. The molecular formula is C14H17N5O2. The van der Waals surface area contributed by atoms with E-state index in [1.165, 1.54) is 0 Å². The van der Waals surface area contributed by atoms with E-state index in [0.717, 1.165) is 25.9 Å². The van der Waals surface area contributed by atoms with Gasteiger partial charge >= 0.3 is 0 Å². The highest BCUT2D eigenvalue weighted by molar-refractivity contribution is 5.96. The number of hydrogen-bond acceptors (Lipinski definition) is 4. The Morgan fingerprint density at radius 3 is 3.14 bits per heavy atom. The second kappa shape index (κ2) is 4.91. The number of amides is 1. The Kier molecular flexibility index (Phi) is 2.90. The minimum absolute atomic E-state index is 0.00723. The predicted octanol–water partition coefficient (Wildman–Crippen LogP) is 0.949. The van der Waals surface area contributed by atoms with E-state index in [4.69, 9.17) is 4.74 Å². The van der Waals surface area contributed by atoms with Crippen molar-refractivity contribution in [3.05, 3.63) is 30.2 Å². The summed E-state index contributed by atoms with van der Waals surface area (Å²) in [5.74, 6) is 0.626. The zero-order valence-electron chi connectivity index (χ0n) is 11.7. The van der Waals surface area contributed by atoms with Crippen molar-refractivity contribution in [2.45, 2.75) is 25.4 Å². The van der Waals surface area contributed by atoms with Crippen LogP contribution in [-0.4, -0.2) is 50.1 Å². The van der Waals surface area contributed by atoms with E-state index in [1.54, 1.807) is 17.1 Å². The summed E-state index contributed by atoms with van der Waals surface area (Å²) in [6.45, 7) is 2.90. The molecule has 2 aliphatic rings. The number of ether oxygens (including phenoxy) is 1. The van der Waals surface area contributed by atoms with Crippen molar-refractivity contribution in [2.75, 3.05) is 19.7 Å². The van der Waals surface area contributed by atoms with Crippen molar-refractivity contribution in [3.63, 3.8) is 0 Å². The van der Waals surface area contributed by atoms with Crippen LogP contribution in [-0.2, 0) is 6.54 Å². The zero-order valence-corrected chi connectivity index (χ0v) is 11.7. The molecule has 7 nitrogen and oxygen atoms in total. The number of nitrogens with zero attached hydrogens (tertiary/aromatic N) is 5. The lowest BCUT2D eigenvalue weighted by Gasteiger charge is -2.19. The molecule has 4 heterocycles. The number of fused-ring (bicyclic) bond motifs is 1. The standard InChI is InChI=1S/C14H17N5O2/c20-13(12-9-16-19-6-2-8-21-14(12)19)17-7-3-11(10-17)18-5-1-4-15-18/h1,4-5,9,11H,2-3,6-8,10H2. The minimum atomic E-state index is 0.00723. The average molecular weight is 287 g/mol. The summed E-state index contributed by atoms with van der Waals surface area (Å²) in [6.07, 6.45) is 7.21. The summed E-state index contributed by atoms with van der Waals surface area (Å²) in [5, 5.41) is 8.51. The van der Waals surface area contributed by atoms with E-state index in [0.29, 0.717) is 24.6 Å². The van der Waals surface area contributed by atoms with Crippen molar-refractivity contribution in [2.24, 2.45) is 0 Å². The third-order valence-electron chi connectivity index (χ3n) is 4.12. The quantitative estimate of drug-likeness (QED) is 0.825. The van der Waals surface area contributed by atoms with E-state index in [2.05, 4.69) is 10.2 Å². The molecule has 1 saturated heterocycles. The Bertz CT molecular complexity index is 648. The van der Waals surface area contributed by atoms with E-state index < -0.39 is 0 Å². The number of rotatable bonds is 2. The van der Waals surface area contributed by atoms with Crippen LogP contribution < -0.4 is 4.74 Å². The van der Waals surface area contributed by atoms with Gasteiger partial charge in [0, 0.05) is 38.4 Å². The Morgan fingerprint density at radius 1 is 1.33 bits per heavy atom. The maximum Gasteiger partial charge on any atom is 0.261 e. The molecule has 1 amide bonds. The van der Waals surface area contributed by atoms with E-state index in [9.17, 15) is 4.79 Å². The van der Waals surface area contributed by atoms with Crippen LogP contribution in [0.3, 0.4) is 0 Å². The minimum Gasteiger partial charge on any atom is -0.477 e. The highest BCUT2D eigenvalue weighted by atomic mass is 16.5. The molecule has 2 aromatic heterocycles. The van der Waals surface area contributed by atoms with E-state index >= 15 is 0 Å². The second-order valence-corrected chi connectivity index (χ2v) is 5.47. The number of likely N-dealkylation sites (tertiary alicyclic amines) is 1. The van der Waals surface area contributed by atoms with Crippen LogP contribution in [0, 0.1) is 0 Å². The molecule has 0 saturated carbocycles. The number of aromatic nitrogens is 4. The summed E-state index contributed by atoms with van der Waals surface area (Å²) >= 11 is 0. The lowest BCUT2D eigenvalue weighted by Crippen LogP contribution is -2.29. The Hall–Kier alpha value is -2.31. The Morgan fingerprint density at radius 2 is 2.29 bits per heavy atom. The first kappa shape index (κ1) is 12.4. The van der Waals surface area contributed by atoms with Crippen molar-refractivity contribution in [1.29, 1.82) is 0 Å². The molecule has 4 rings (SSSR count). The first-order valence-corrected chi connectivity index (χ1v) is 7.30. The zero-order chi connectivity index (χ0) is 14.2. The van der Waals surface area contributed by atoms with Crippen molar-refractivity contribution < 1.29 is 9.53 Å². The lowest BCUT2D eigenvalue weighted by molar-refractivity contribution is 0.0780. The molecule has 0 spiro atoms. The Balaban J connectivity index is 1.52. The van der Waals surface area contributed by atoms with Gasteiger partial charge in [0.05, 0.1) is 18.8 Å². The molecule has 0 aliphatic carbocycles. The van der Waals surface area contributed by atoms with Gasteiger partial charge in [-0.2, -0.15) is 10.2 Å². The van der Waals surface area contributed by atoms with Crippen LogP contribution in [0.15, 0.2) is 24.7 Å². The van der Waals surface area contributed by atoms with Gasteiger partial charge in [0.15, 0.2) is 0 Å². The van der Waals surface area contributed by atoms with Crippen LogP contribution in [0.25, 0.3) is 0 Å². The summed E-state index contributed by atoms with van der Waals surface area (Å²) in [5.41, 5.74) is 0.579. The Labute approximate surface area is 122 Å². The molecule has 0 aromatic carbocycles. The van der Waals surface area contributed by atoms with Crippen molar-refractivity contribution >= 4 is 5.91 Å². The van der Waals surface area contributed by atoms with Gasteiger partial charge in [-0.25, -0.2) is 4.68 Å². The fourth-order valence-corrected chi connectivity index (χ4v) is 3.02. The fraction of sp³-hybridized carbons (Fsp3) is 0.500. The monoisotopic (exact) mass is 287 g/mol. The van der Waals surface area contributed by atoms with Crippen LogP contribution in [0.5, 0.6) is 5.88 Å². The highest BCUT2D eigenvalue weighted by Gasteiger charge is 2.31. The number of carbonyl (C=O) groups excluding carboxylic acids is 1. The van der Waals surface area contributed by atoms with Gasteiger partial charge in [0.2, 0.25) is 5.88 Å². The normalized spacial score (nSPS) is 21.1. The van der Waals surface area contributed by atoms with Gasteiger partial charge < -0.3 is 9.64 Å². The maximum atomic E-state index is 12.7. The molecule has 1 unspecified atom stereocenters. The molecule has 21 heavy (non-hydrogen) atoms. The van der Waals surface area contributed by atoms with Crippen LogP contribution in [0.2, 0.25) is 0 Å². The predicted molar refractivity (Wildman–Crippen MR) is 74.1 cm³/mol. The van der Waals surface area contributed by atoms with Gasteiger partial charge in [-0.3, -0.25) is 9.48 Å². The number of carbonyl (C=O) groups is 1. The average Bonchev–Trinajstić information content (AvgIpc) is 3.25. The topological polar surface area (TPSA) is 65.2 Å². The van der Waals surface area contributed by atoms with Crippen LogP contribution in [0.4, 0.5) is 0 Å². The number of aryl methyl sites for hydroxylation is 1. The molecule has 110 valence electrons. The largest absolute Gasteiger partial charge is 0.477 e. The van der Waals surface area contributed by atoms with E-state index in [-0.39, 0.29) is 11.9 Å². The summed E-state index contributed by atoms with van der Waals surface area (Å²) in [7, 11) is 0. The molecule has 2 aliphatic heterocycles. The first-order chi connectivity index (χ1) is 10.3. The third-order valence-corrected chi connectivity index (χ3v) is 4.12. The molecule has 0 radical (unpaired) electrons. The van der Waals surface area contributed by atoms with Gasteiger partial charge in [-0.1, -0.05) is 0 Å². The molecule has 2 aromatic rings. The molecule has 7 heteroatoms. The summed E-state index contributed by atoms with van der Waals surface area (Å²) < 4.78 is 9.31. The van der Waals surface area contributed by atoms with Crippen molar-refractivity contribution in [1.82, 2.24) is 24.5 Å². The lowest BCUT2D eigenvalue weighted by atomic mass is 10.2. The maximum absolute atomic E-state index is 12.7. The number of hydrogen-bond donors (Lipinski definition) is 0. The fourth-order valence-electron chi connectivity index (χ4n) is 3.02. The van der Waals surface area contributed by atoms with Gasteiger partial charge in [0.1, 0.15) is 5.56 Å². The molecule has 0 bridgehead atoms. The van der Waals surface area contributed by atoms with Crippen molar-refractivity contribution in [3.8, 4) is 5.88 Å². The molecule has 1 fully saturated rings. The molecule has 1 atom stereocenters. The van der Waals surface area contributed by atoms with Gasteiger partial charge in [-0.15, -0.1) is 0 Å². The third kappa shape index (κ3) is 2.09. The second-order valence-electron chi connectivity index (χ2n) is 5.47. The van der Waals surface area contributed by atoms with Gasteiger partial charge in [0.25, 0.3) is 5.91 Å². The first-order valence-electron chi connectivity index (χ1n) is 7.30.